The van der Waals surface area contributed by atoms with Crippen molar-refractivity contribution in [2.75, 3.05) is 13.2 Å². The lowest BCUT2D eigenvalue weighted by molar-refractivity contribution is 0.159. The molecule has 1 amide bonds. The van der Waals surface area contributed by atoms with E-state index < -0.39 is 6.09 Å². The summed E-state index contributed by atoms with van der Waals surface area (Å²) in [4.78, 5) is 11.4. The monoisotopic (exact) mass is 143 g/mol. The maximum atomic E-state index is 10.3. The number of carbonyl (C=O) groups is 1. The molecule has 4 heteroatoms. The second-order valence-electron chi connectivity index (χ2n) is 2.07. The van der Waals surface area contributed by atoms with Gasteiger partial charge in [0.1, 0.15) is 0 Å². The van der Waals surface area contributed by atoms with Gasteiger partial charge in [0.2, 0.25) is 0 Å². The van der Waals surface area contributed by atoms with Crippen molar-refractivity contribution >= 4 is 6.09 Å². The van der Waals surface area contributed by atoms with Gasteiger partial charge in [0, 0.05) is 6.20 Å². The zero-order valence-corrected chi connectivity index (χ0v) is 5.49. The van der Waals surface area contributed by atoms with Gasteiger partial charge in [-0.3, -0.25) is 4.90 Å². The van der Waals surface area contributed by atoms with Crippen LogP contribution in [0.5, 0.6) is 0 Å². The lowest BCUT2D eigenvalue weighted by Gasteiger charge is -2.10. The van der Waals surface area contributed by atoms with Crippen LogP contribution in [0.25, 0.3) is 0 Å². The molecular formula is C6H9NO3. The van der Waals surface area contributed by atoms with E-state index in [9.17, 15) is 4.79 Å². The van der Waals surface area contributed by atoms with Crippen LogP contribution in [0.1, 0.15) is 0 Å². The van der Waals surface area contributed by atoms with E-state index in [2.05, 4.69) is 6.58 Å². The predicted octanol–water partition coefficient (Wildman–Crippen LogP) is 0.509. The fourth-order valence-electron chi connectivity index (χ4n) is 0.624. The topological polar surface area (TPSA) is 53.1 Å². The lowest BCUT2D eigenvalue weighted by Crippen LogP contribution is -2.27. The number of ether oxygens (including phenoxy) is 1. The SMILES string of the molecule is C=CN(CC1CO1)C(=O)O. The van der Waals surface area contributed by atoms with E-state index in [1.54, 1.807) is 0 Å². The molecule has 1 aliphatic heterocycles. The van der Waals surface area contributed by atoms with E-state index in [4.69, 9.17) is 9.84 Å². The Morgan fingerprint density at radius 2 is 2.60 bits per heavy atom. The van der Waals surface area contributed by atoms with Crippen LogP contribution in [0.15, 0.2) is 12.8 Å². The maximum Gasteiger partial charge on any atom is 0.411 e. The minimum atomic E-state index is -0.981. The molecular weight excluding hydrogens is 134 g/mol. The minimum Gasteiger partial charge on any atom is -0.465 e. The molecule has 1 heterocycles. The Hall–Kier alpha value is -1.03. The third kappa shape index (κ3) is 1.73. The van der Waals surface area contributed by atoms with Crippen LogP contribution in [-0.2, 0) is 4.74 Å². The molecule has 1 fully saturated rings. The Labute approximate surface area is 58.7 Å². The molecule has 0 saturated carbocycles. The molecule has 0 bridgehead atoms. The van der Waals surface area contributed by atoms with Gasteiger partial charge in [0.15, 0.2) is 0 Å². The van der Waals surface area contributed by atoms with E-state index >= 15 is 0 Å². The van der Waals surface area contributed by atoms with Gasteiger partial charge in [-0.2, -0.15) is 0 Å². The molecule has 1 rings (SSSR count). The fraction of sp³-hybridized carbons (Fsp3) is 0.500. The average molecular weight is 143 g/mol. The van der Waals surface area contributed by atoms with Gasteiger partial charge >= 0.3 is 6.09 Å². The van der Waals surface area contributed by atoms with Crippen molar-refractivity contribution in [3.8, 4) is 0 Å². The van der Waals surface area contributed by atoms with E-state index in [0.29, 0.717) is 13.2 Å². The van der Waals surface area contributed by atoms with Crippen LogP contribution in [0.2, 0.25) is 0 Å². The van der Waals surface area contributed by atoms with Crippen LogP contribution >= 0.6 is 0 Å². The molecule has 10 heavy (non-hydrogen) atoms. The highest BCUT2D eigenvalue weighted by atomic mass is 16.6. The molecule has 0 radical (unpaired) electrons. The van der Waals surface area contributed by atoms with E-state index in [0.717, 1.165) is 4.90 Å². The Kier molecular flexibility index (Phi) is 1.91. The molecule has 56 valence electrons. The number of carboxylic acid groups (broad SMARTS) is 1. The first-order chi connectivity index (χ1) is 4.74. The largest absolute Gasteiger partial charge is 0.465 e. The van der Waals surface area contributed by atoms with Gasteiger partial charge in [-0.05, 0) is 0 Å². The van der Waals surface area contributed by atoms with Crippen molar-refractivity contribution in [2.24, 2.45) is 0 Å². The van der Waals surface area contributed by atoms with Crippen LogP contribution in [-0.4, -0.2) is 35.4 Å². The molecule has 1 aliphatic rings. The Morgan fingerprint density at radius 3 is 2.90 bits per heavy atom. The highest BCUT2D eigenvalue weighted by Crippen LogP contribution is 2.10. The van der Waals surface area contributed by atoms with Crippen molar-refractivity contribution in [1.82, 2.24) is 4.90 Å². The highest BCUT2D eigenvalue weighted by molar-refractivity contribution is 5.66. The van der Waals surface area contributed by atoms with Gasteiger partial charge < -0.3 is 9.84 Å². The van der Waals surface area contributed by atoms with Gasteiger partial charge in [0.05, 0.1) is 19.3 Å². The van der Waals surface area contributed by atoms with E-state index in [1.807, 2.05) is 0 Å². The summed E-state index contributed by atoms with van der Waals surface area (Å²) in [7, 11) is 0. The Bertz CT molecular complexity index is 153. The second kappa shape index (κ2) is 2.70. The third-order valence-corrected chi connectivity index (χ3v) is 1.27. The number of epoxide rings is 1. The summed E-state index contributed by atoms with van der Waals surface area (Å²) in [6.07, 6.45) is 0.392. The molecule has 0 aromatic heterocycles. The first kappa shape index (κ1) is 7.08. The van der Waals surface area contributed by atoms with E-state index in [-0.39, 0.29) is 6.10 Å². The minimum absolute atomic E-state index is 0.0918. The molecule has 0 aromatic carbocycles. The van der Waals surface area contributed by atoms with Crippen LogP contribution < -0.4 is 0 Å². The molecule has 0 aliphatic carbocycles. The quantitative estimate of drug-likeness (QED) is 0.585. The fourth-order valence-corrected chi connectivity index (χ4v) is 0.624. The molecule has 1 atom stereocenters. The smallest absolute Gasteiger partial charge is 0.411 e. The summed E-state index contributed by atoms with van der Waals surface area (Å²) in [5.74, 6) is 0. The number of hydrogen-bond donors (Lipinski definition) is 1. The highest BCUT2D eigenvalue weighted by Gasteiger charge is 2.26. The van der Waals surface area contributed by atoms with Crippen molar-refractivity contribution in [3.63, 3.8) is 0 Å². The second-order valence-corrected chi connectivity index (χ2v) is 2.07. The molecule has 0 aromatic rings. The van der Waals surface area contributed by atoms with Crippen LogP contribution in [0, 0.1) is 0 Å². The first-order valence-corrected chi connectivity index (χ1v) is 2.97. The maximum absolute atomic E-state index is 10.3. The number of amides is 1. The Morgan fingerprint density at radius 1 is 2.00 bits per heavy atom. The third-order valence-electron chi connectivity index (χ3n) is 1.27. The molecule has 0 spiro atoms. The molecule has 4 nitrogen and oxygen atoms in total. The van der Waals surface area contributed by atoms with Crippen molar-refractivity contribution in [2.45, 2.75) is 6.10 Å². The number of hydrogen-bond acceptors (Lipinski definition) is 2. The Balaban J connectivity index is 2.31. The number of rotatable bonds is 3. The summed E-state index contributed by atoms with van der Waals surface area (Å²) in [6.45, 7) is 4.42. The van der Waals surface area contributed by atoms with Crippen molar-refractivity contribution < 1.29 is 14.6 Å². The summed E-state index contributed by atoms with van der Waals surface area (Å²) >= 11 is 0. The van der Waals surface area contributed by atoms with Gasteiger partial charge in [-0.1, -0.05) is 6.58 Å². The summed E-state index contributed by atoms with van der Waals surface area (Å²) in [6, 6.07) is 0. The average Bonchev–Trinajstić information content (AvgIpc) is 2.64. The molecule has 1 N–H and O–H groups in total. The van der Waals surface area contributed by atoms with Crippen molar-refractivity contribution in [3.05, 3.63) is 12.8 Å². The first-order valence-electron chi connectivity index (χ1n) is 2.97. The predicted molar refractivity (Wildman–Crippen MR) is 34.7 cm³/mol. The van der Waals surface area contributed by atoms with Gasteiger partial charge in [-0.15, -0.1) is 0 Å². The normalized spacial score (nSPS) is 21.8. The van der Waals surface area contributed by atoms with Gasteiger partial charge in [-0.25, -0.2) is 4.79 Å². The van der Waals surface area contributed by atoms with Crippen LogP contribution in [0.4, 0.5) is 4.79 Å². The molecule has 1 unspecified atom stereocenters. The van der Waals surface area contributed by atoms with Crippen LogP contribution in [0.3, 0.4) is 0 Å². The standard InChI is InChI=1S/C6H9NO3/c1-2-7(6(8)9)3-5-4-10-5/h2,5H,1,3-4H2,(H,8,9). The zero-order chi connectivity index (χ0) is 7.56. The number of nitrogens with zero attached hydrogens (tertiary/aromatic N) is 1. The zero-order valence-electron chi connectivity index (χ0n) is 5.49. The summed E-state index contributed by atoms with van der Waals surface area (Å²) in [5.41, 5.74) is 0. The summed E-state index contributed by atoms with van der Waals surface area (Å²) < 4.78 is 4.84. The summed E-state index contributed by atoms with van der Waals surface area (Å²) in [5, 5.41) is 8.45. The lowest BCUT2D eigenvalue weighted by atomic mass is 10.4. The van der Waals surface area contributed by atoms with Crippen molar-refractivity contribution in [1.29, 1.82) is 0 Å². The van der Waals surface area contributed by atoms with E-state index in [1.165, 1.54) is 6.20 Å². The molecule has 1 saturated heterocycles. The van der Waals surface area contributed by atoms with Gasteiger partial charge in [0.25, 0.3) is 0 Å².